The zero-order valence-electron chi connectivity index (χ0n) is 16.1. The maximum Gasteiger partial charge on any atom is 0.355 e. The van der Waals surface area contributed by atoms with E-state index in [4.69, 9.17) is 5.11 Å². The summed E-state index contributed by atoms with van der Waals surface area (Å²) in [5.41, 5.74) is -0.271. The fraction of sp³-hybridized carbons (Fsp3) is 0.381. The number of carboxylic acid groups (broad SMARTS) is 1. The fourth-order valence-corrected chi connectivity index (χ4v) is 4.17. The van der Waals surface area contributed by atoms with Crippen LogP contribution < -0.4 is 0 Å². The van der Waals surface area contributed by atoms with Crippen LogP contribution in [0.5, 0.6) is 0 Å². The Morgan fingerprint density at radius 3 is 2.77 bits per heavy atom. The first kappa shape index (κ1) is 22.0. The summed E-state index contributed by atoms with van der Waals surface area (Å²) < 4.78 is 28.8. The zero-order valence-corrected chi connectivity index (χ0v) is 16.9. The number of hydrogen-bond donors (Lipinski definition) is 2. The summed E-state index contributed by atoms with van der Waals surface area (Å²) in [6.45, 7) is 0.404. The van der Waals surface area contributed by atoms with Crippen LogP contribution in [-0.4, -0.2) is 50.7 Å². The van der Waals surface area contributed by atoms with Crippen molar-refractivity contribution in [1.29, 1.82) is 0 Å². The third-order valence-corrected chi connectivity index (χ3v) is 5.89. The highest BCUT2D eigenvalue weighted by molar-refractivity contribution is 7.09. The number of rotatable bonds is 9. The zero-order chi connectivity index (χ0) is 21.7. The van der Waals surface area contributed by atoms with Crippen LogP contribution in [0.1, 0.15) is 40.3 Å². The molecule has 1 aliphatic rings. The molecule has 1 unspecified atom stereocenters. The van der Waals surface area contributed by atoms with Crippen molar-refractivity contribution in [1.82, 2.24) is 9.88 Å². The lowest BCUT2D eigenvalue weighted by atomic mass is 10.0. The topological polar surface area (TPSA) is 90.7 Å². The molecule has 0 saturated carbocycles. The van der Waals surface area contributed by atoms with Crippen molar-refractivity contribution in [2.24, 2.45) is 0 Å². The number of thiazole rings is 1. The first-order valence-corrected chi connectivity index (χ1v) is 10.4. The summed E-state index contributed by atoms with van der Waals surface area (Å²) in [5.74, 6) is -4.58. The maximum atomic E-state index is 14.4. The second kappa shape index (κ2) is 9.44. The number of alkyl halides is 2. The summed E-state index contributed by atoms with van der Waals surface area (Å²) in [6, 6.07) is 6.76. The van der Waals surface area contributed by atoms with Gasteiger partial charge in [0.2, 0.25) is 5.91 Å². The van der Waals surface area contributed by atoms with E-state index in [1.54, 1.807) is 11.0 Å². The molecule has 2 atom stereocenters. The number of halogens is 2. The number of likely N-dealkylation sites (tertiary alicyclic amines) is 1. The molecule has 2 heterocycles. The van der Waals surface area contributed by atoms with Gasteiger partial charge in [-0.3, -0.25) is 4.79 Å². The summed E-state index contributed by atoms with van der Waals surface area (Å²) >= 11 is 1.25. The molecule has 1 saturated heterocycles. The smallest absolute Gasteiger partial charge is 0.355 e. The Kier molecular flexibility index (Phi) is 6.94. The first-order valence-electron chi connectivity index (χ1n) is 9.56. The normalized spacial score (nSPS) is 18.3. The molecule has 1 aromatic carbocycles. The van der Waals surface area contributed by atoms with Crippen molar-refractivity contribution in [3.05, 3.63) is 64.1 Å². The number of amides is 1. The SMILES string of the molecule is O=C(O)c1csc(CCCN2C(=O)CC[C@@H]2C=CC(O)C(F)(F)c2ccccc2)n1. The number of carbonyl (C=O) groups excluding carboxylic acids is 1. The van der Waals surface area contributed by atoms with Gasteiger partial charge in [0.15, 0.2) is 5.69 Å². The Balaban J connectivity index is 1.58. The minimum absolute atomic E-state index is 0.00129. The van der Waals surface area contributed by atoms with Crippen LogP contribution in [0.25, 0.3) is 0 Å². The minimum atomic E-state index is -3.43. The predicted molar refractivity (Wildman–Crippen MR) is 108 cm³/mol. The number of aromatic nitrogens is 1. The summed E-state index contributed by atoms with van der Waals surface area (Å²) in [6.07, 6.45) is 2.45. The quantitative estimate of drug-likeness (QED) is 0.588. The van der Waals surface area contributed by atoms with Gasteiger partial charge in [-0.15, -0.1) is 11.3 Å². The Morgan fingerprint density at radius 2 is 2.10 bits per heavy atom. The third-order valence-electron chi connectivity index (χ3n) is 4.98. The van der Waals surface area contributed by atoms with Gasteiger partial charge in [-0.05, 0) is 12.8 Å². The highest BCUT2D eigenvalue weighted by atomic mass is 32.1. The van der Waals surface area contributed by atoms with Gasteiger partial charge in [0.25, 0.3) is 0 Å². The van der Waals surface area contributed by atoms with E-state index < -0.39 is 18.0 Å². The van der Waals surface area contributed by atoms with E-state index in [1.807, 2.05) is 0 Å². The average Bonchev–Trinajstić information content (AvgIpc) is 3.34. The molecular weight excluding hydrogens is 414 g/mol. The lowest BCUT2D eigenvalue weighted by Crippen LogP contribution is -2.34. The molecule has 0 aliphatic carbocycles. The lowest BCUT2D eigenvalue weighted by Gasteiger charge is -2.24. The van der Waals surface area contributed by atoms with E-state index in [0.717, 1.165) is 6.08 Å². The Morgan fingerprint density at radius 1 is 1.37 bits per heavy atom. The number of nitrogens with zero attached hydrogens (tertiary/aromatic N) is 2. The maximum absolute atomic E-state index is 14.4. The van der Waals surface area contributed by atoms with Crippen LogP contribution in [0, 0.1) is 0 Å². The molecule has 1 amide bonds. The van der Waals surface area contributed by atoms with Crippen LogP contribution in [0.15, 0.2) is 47.9 Å². The molecule has 0 spiro atoms. The number of aliphatic hydroxyl groups excluding tert-OH is 1. The lowest BCUT2D eigenvalue weighted by molar-refractivity contribution is -0.128. The van der Waals surface area contributed by atoms with Crippen molar-refractivity contribution >= 4 is 23.2 Å². The highest BCUT2D eigenvalue weighted by Crippen LogP contribution is 2.32. The highest BCUT2D eigenvalue weighted by Gasteiger charge is 2.39. The van der Waals surface area contributed by atoms with Crippen LogP contribution in [0.4, 0.5) is 8.78 Å². The second-order valence-corrected chi connectivity index (χ2v) is 7.99. The van der Waals surface area contributed by atoms with Crippen molar-refractivity contribution in [3.8, 4) is 0 Å². The van der Waals surface area contributed by atoms with Gasteiger partial charge >= 0.3 is 11.9 Å². The molecule has 2 aromatic rings. The van der Waals surface area contributed by atoms with Gasteiger partial charge in [-0.2, -0.15) is 8.78 Å². The van der Waals surface area contributed by atoms with E-state index in [9.17, 15) is 23.5 Å². The van der Waals surface area contributed by atoms with Gasteiger partial charge in [0.1, 0.15) is 6.10 Å². The van der Waals surface area contributed by atoms with Gasteiger partial charge in [-0.1, -0.05) is 42.5 Å². The number of carboxylic acids is 1. The third kappa shape index (κ3) is 5.09. The molecule has 30 heavy (non-hydrogen) atoms. The molecule has 0 bridgehead atoms. The number of benzene rings is 1. The van der Waals surface area contributed by atoms with Crippen LogP contribution in [0.2, 0.25) is 0 Å². The number of aliphatic hydroxyl groups is 1. The molecule has 1 aliphatic heterocycles. The van der Waals surface area contributed by atoms with Gasteiger partial charge in [0, 0.05) is 30.3 Å². The largest absolute Gasteiger partial charge is 0.476 e. The Hall–Kier alpha value is -2.65. The Labute approximate surface area is 176 Å². The molecule has 1 aromatic heterocycles. The number of hydrogen-bond acceptors (Lipinski definition) is 5. The van der Waals surface area contributed by atoms with E-state index >= 15 is 0 Å². The standard InChI is InChI=1S/C21H22F2N2O4S/c22-21(23,14-5-2-1-3-6-14)17(26)10-8-15-9-11-19(27)25(15)12-4-7-18-24-16(13-30-18)20(28)29/h1-3,5-6,8,10,13,15,17,26H,4,7,9,11-12H2,(H,28,29)/t15-,17?/m0/s1. The van der Waals surface area contributed by atoms with Crippen molar-refractivity contribution in [2.75, 3.05) is 6.54 Å². The summed E-state index contributed by atoms with van der Waals surface area (Å²) in [4.78, 5) is 28.7. The monoisotopic (exact) mass is 436 g/mol. The van der Waals surface area contributed by atoms with E-state index in [1.165, 1.54) is 47.1 Å². The molecular formula is C21H22F2N2O4S. The van der Waals surface area contributed by atoms with E-state index in [0.29, 0.717) is 37.2 Å². The molecule has 0 radical (unpaired) electrons. The fourth-order valence-electron chi connectivity index (χ4n) is 3.36. The minimum Gasteiger partial charge on any atom is -0.476 e. The number of aryl methyl sites for hydroxylation is 1. The molecule has 6 nitrogen and oxygen atoms in total. The molecule has 3 rings (SSSR count). The summed E-state index contributed by atoms with van der Waals surface area (Å²) in [7, 11) is 0. The summed E-state index contributed by atoms with van der Waals surface area (Å²) in [5, 5.41) is 21.1. The van der Waals surface area contributed by atoms with E-state index in [2.05, 4.69) is 4.98 Å². The predicted octanol–water partition coefficient (Wildman–Crippen LogP) is 3.47. The van der Waals surface area contributed by atoms with Crippen LogP contribution >= 0.6 is 11.3 Å². The van der Waals surface area contributed by atoms with Crippen molar-refractivity contribution < 1.29 is 28.6 Å². The van der Waals surface area contributed by atoms with Crippen LogP contribution in [-0.2, 0) is 17.1 Å². The van der Waals surface area contributed by atoms with Gasteiger partial charge < -0.3 is 15.1 Å². The Bertz CT molecular complexity index is 917. The van der Waals surface area contributed by atoms with Crippen molar-refractivity contribution in [3.63, 3.8) is 0 Å². The van der Waals surface area contributed by atoms with Gasteiger partial charge in [0.05, 0.1) is 11.0 Å². The molecule has 1 fully saturated rings. The molecule has 2 N–H and O–H groups in total. The number of carbonyl (C=O) groups is 2. The van der Waals surface area contributed by atoms with E-state index in [-0.39, 0.29) is 23.2 Å². The van der Waals surface area contributed by atoms with Crippen molar-refractivity contribution in [2.45, 2.75) is 43.8 Å². The molecule has 160 valence electrons. The van der Waals surface area contributed by atoms with Crippen LogP contribution in [0.3, 0.4) is 0 Å². The molecule has 9 heteroatoms. The van der Waals surface area contributed by atoms with Gasteiger partial charge in [-0.25, -0.2) is 9.78 Å². The second-order valence-electron chi connectivity index (χ2n) is 7.05. The number of aromatic carboxylic acids is 1. The first-order chi connectivity index (χ1) is 14.3. The average molecular weight is 436 g/mol.